The summed E-state index contributed by atoms with van der Waals surface area (Å²) in [7, 11) is 0. The number of halogens is 1. The lowest BCUT2D eigenvalue weighted by Crippen LogP contribution is -2.43. The van der Waals surface area contributed by atoms with Gasteiger partial charge in [-0.05, 0) is 40.2 Å². The van der Waals surface area contributed by atoms with Gasteiger partial charge in [0, 0.05) is 18.4 Å². The van der Waals surface area contributed by atoms with E-state index in [4.69, 9.17) is 4.98 Å². The van der Waals surface area contributed by atoms with E-state index in [1.165, 1.54) is 0 Å². The molecule has 0 radical (unpaired) electrons. The van der Waals surface area contributed by atoms with Gasteiger partial charge in [0.05, 0.1) is 5.56 Å². The van der Waals surface area contributed by atoms with Gasteiger partial charge in [-0.15, -0.1) is 6.58 Å². The van der Waals surface area contributed by atoms with Crippen molar-refractivity contribution in [2.75, 3.05) is 11.9 Å². The van der Waals surface area contributed by atoms with Crippen molar-refractivity contribution in [1.82, 2.24) is 14.3 Å². The monoisotopic (exact) mass is 382 g/mol. The van der Waals surface area contributed by atoms with Crippen LogP contribution in [0.2, 0.25) is 0 Å². The fourth-order valence-electron chi connectivity index (χ4n) is 2.99. The Balaban J connectivity index is 1.87. The second kappa shape index (κ2) is 5.79. The highest BCUT2D eigenvalue weighted by Crippen LogP contribution is 2.35. The highest BCUT2D eigenvalue weighted by Gasteiger charge is 2.34. The Hall–Kier alpha value is -2.60. The molecule has 0 saturated heterocycles. The minimum Gasteiger partial charge on any atom is -0.359 e. The van der Waals surface area contributed by atoms with E-state index >= 15 is 0 Å². The van der Waals surface area contributed by atoms with Crippen molar-refractivity contribution < 1.29 is 4.79 Å². The van der Waals surface area contributed by atoms with E-state index in [1.807, 2.05) is 53.1 Å². The number of nitrogens with one attached hydrogen (secondary N) is 1. The van der Waals surface area contributed by atoms with E-state index in [2.05, 4.69) is 27.8 Å². The summed E-state index contributed by atoms with van der Waals surface area (Å²) >= 11 is 3.62. The average molecular weight is 383 g/mol. The molecule has 2 aromatic heterocycles. The molecule has 0 unspecified atom stereocenters. The topological polar surface area (TPSA) is 49.6 Å². The molecule has 1 atom stereocenters. The van der Waals surface area contributed by atoms with Crippen LogP contribution in [0.25, 0.3) is 5.65 Å². The third-order valence-corrected chi connectivity index (χ3v) is 4.89. The SMILES string of the molecule is C=CCN1C(=O)c2ccccc2N[C@@H]1c1nc2ccccn2c1Br. The number of anilines is 1. The van der Waals surface area contributed by atoms with Gasteiger partial charge in [0.1, 0.15) is 22.1 Å². The number of fused-ring (bicyclic) bond motifs is 2. The van der Waals surface area contributed by atoms with Gasteiger partial charge in [0.2, 0.25) is 0 Å². The van der Waals surface area contributed by atoms with E-state index in [0.29, 0.717) is 12.1 Å². The lowest BCUT2D eigenvalue weighted by atomic mass is 10.1. The zero-order valence-electron chi connectivity index (χ0n) is 12.8. The summed E-state index contributed by atoms with van der Waals surface area (Å²) in [6.07, 6.45) is 3.30. The molecule has 1 aliphatic rings. The van der Waals surface area contributed by atoms with E-state index in [-0.39, 0.29) is 12.1 Å². The molecule has 1 N–H and O–H groups in total. The number of carbonyl (C=O) groups excluding carboxylic acids is 1. The average Bonchev–Trinajstić information content (AvgIpc) is 2.94. The third kappa shape index (κ3) is 2.22. The number of rotatable bonds is 3. The largest absolute Gasteiger partial charge is 0.359 e. The first kappa shape index (κ1) is 15.0. The van der Waals surface area contributed by atoms with Gasteiger partial charge in [0.25, 0.3) is 5.91 Å². The highest BCUT2D eigenvalue weighted by atomic mass is 79.9. The molecule has 6 heteroatoms. The van der Waals surface area contributed by atoms with Crippen molar-refractivity contribution >= 4 is 33.2 Å². The van der Waals surface area contributed by atoms with Crippen LogP contribution >= 0.6 is 15.9 Å². The minimum absolute atomic E-state index is 0.0294. The maximum Gasteiger partial charge on any atom is 0.258 e. The number of hydrogen-bond acceptors (Lipinski definition) is 3. The summed E-state index contributed by atoms with van der Waals surface area (Å²) in [5, 5.41) is 3.43. The van der Waals surface area contributed by atoms with Crippen molar-refractivity contribution in [3.05, 3.63) is 77.2 Å². The van der Waals surface area contributed by atoms with Crippen molar-refractivity contribution in [2.24, 2.45) is 0 Å². The molecule has 5 nitrogen and oxygen atoms in total. The van der Waals surface area contributed by atoms with Crippen LogP contribution in [0.15, 0.2) is 65.9 Å². The smallest absolute Gasteiger partial charge is 0.258 e. The fraction of sp³-hybridized carbons (Fsp3) is 0.111. The molecular weight excluding hydrogens is 368 g/mol. The molecule has 1 aliphatic heterocycles. The van der Waals surface area contributed by atoms with Crippen LogP contribution in [0.5, 0.6) is 0 Å². The molecule has 0 spiro atoms. The maximum atomic E-state index is 12.9. The molecule has 3 aromatic rings. The van der Waals surface area contributed by atoms with Gasteiger partial charge >= 0.3 is 0 Å². The van der Waals surface area contributed by atoms with Crippen LogP contribution in [0, 0.1) is 0 Å². The third-order valence-electron chi connectivity index (χ3n) is 4.10. The molecule has 0 saturated carbocycles. The normalized spacial score (nSPS) is 16.8. The Morgan fingerprint density at radius 3 is 2.83 bits per heavy atom. The Bertz CT molecular complexity index is 949. The van der Waals surface area contributed by atoms with E-state index < -0.39 is 0 Å². The van der Waals surface area contributed by atoms with Gasteiger partial charge in [-0.2, -0.15) is 0 Å². The van der Waals surface area contributed by atoms with Crippen LogP contribution in [0.1, 0.15) is 22.2 Å². The number of para-hydroxylation sites is 1. The fourth-order valence-corrected chi connectivity index (χ4v) is 3.60. The summed E-state index contributed by atoms with van der Waals surface area (Å²) in [4.78, 5) is 19.3. The van der Waals surface area contributed by atoms with Crippen LogP contribution in [0.3, 0.4) is 0 Å². The first-order valence-electron chi connectivity index (χ1n) is 7.60. The summed E-state index contributed by atoms with van der Waals surface area (Å²) in [5.74, 6) is -0.0294. The molecule has 1 aromatic carbocycles. The predicted molar refractivity (Wildman–Crippen MR) is 96.9 cm³/mol. The summed E-state index contributed by atoms with van der Waals surface area (Å²) in [6.45, 7) is 4.22. The van der Waals surface area contributed by atoms with E-state index in [1.54, 1.807) is 11.0 Å². The van der Waals surface area contributed by atoms with Crippen molar-refractivity contribution in [2.45, 2.75) is 6.17 Å². The minimum atomic E-state index is -0.361. The number of nitrogens with zero attached hydrogens (tertiary/aromatic N) is 3. The molecule has 0 fully saturated rings. The molecule has 1 amide bonds. The van der Waals surface area contributed by atoms with E-state index in [9.17, 15) is 4.79 Å². The van der Waals surface area contributed by atoms with Gasteiger partial charge in [-0.3, -0.25) is 9.20 Å². The van der Waals surface area contributed by atoms with Crippen molar-refractivity contribution in [3.63, 3.8) is 0 Å². The number of amides is 1. The first-order valence-corrected chi connectivity index (χ1v) is 8.40. The van der Waals surface area contributed by atoms with Gasteiger partial charge < -0.3 is 10.2 Å². The second-order valence-corrected chi connectivity index (χ2v) is 6.31. The molecule has 120 valence electrons. The van der Waals surface area contributed by atoms with Crippen LogP contribution in [0.4, 0.5) is 5.69 Å². The highest BCUT2D eigenvalue weighted by molar-refractivity contribution is 9.10. The Morgan fingerprint density at radius 1 is 1.25 bits per heavy atom. The number of benzene rings is 1. The Morgan fingerprint density at radius 2 is 2.04 bits per heavy atom. The van der Waals surface area contributed by atoms with Crippen molar-refractivity contribution in [3.8, 4) is 0 Å². The molecule has 3 heterocycles. The molecule has 0 bridgehead atoms. The van der Waals surface area contributed by atoms with E-state index in [0.717, 1.165) is 21.6 Å². The number of pyridine rings is 1. The van der Waals surface area contributed by atoms with Gasteiger partial charge in [-0.1, -0.05) is 24.3 Å². The Kier molecular flexibility index (Phi) is 3.61. The molecule has 0 aliphatic carbocycles. The van der Waals surface area contributed by atoms with Gasteiger partial charge in [0.15, 0.2) is 0 Å². The van der Waals surface area contributed by atoms with Crippen LogP contribution in [-0.4, -0.2) is 26.7 Å². The second-order valence-electron chi connectivity index (χ2n) is 5.56. The predicted octanol–water partition coefficient (Wildman–Crippen LogP) is 3.85. The maximum absolute atomic E-state index is 12.9. The number of aromatic nitrogens is 2. The number of hydrogen-bond donors (Lipinski definition) is 1. The zero-order valence-corrected chi connectivity index (χ0v) is 14.4. The van der Waals surface area contributed by atoms with Crippen LogP contribution in [-0.2, 0) is 0 Å². The molecular formula is C18H15BrN4O. The first-order chi connectivity index (χ1) is 11.7. The summed E-state index contributed by atoms with van der Waals surface area (Å²) in [5.41, 5.74) is 3.07. The lowest BCUT2D eigenvalue weighted by molar-refractivity contribution is 0.0704. The zero-order chi connectivity index (χ0) is 16.7. The summed E-state index contributed by atoms with van der Waals surface area (Å²) < 4.78 is 2.78. The number of carbonyl (C=O) groups is 1. The molecule has 4 rings (SSSR count). The quantitative estimate of drug-likeness (QED) is 0.699. The molecule has 24 heavy (non-hydrogen) atoms. The lowest BCUT2D eigenvalue weighted by Gasteiger charge is -2.36. The van der Waals surface area contributed by atoms with Gasteiger partial charge in [-0.25, -0.2) is 4.98 Å². The van der Waals surface area contributed by atoms with Crippen LogP contribution < -0.4 is 5.32 Å². The standard InChI is InChI=1S/C18H15BrN4O/c1-2-10-23-17(20-13-8-4-3-7-12(13)18(23)24)15-16(19)22-11-6-5-9-14(22)21-15/h2-9,11,17,20H,1,10H2/t17-/m0/s1. The number of imidazole rings is 1. The Labute approximate surface area is 147 Å². The van der Waals surface area contributed by atoms with Crippen molar-refractivity contribution in [1.29, 1.82) is 0 Å². The summed E-state index contributed by atoms with van der Waals surface area (Å²) in [6, 6.07) is 13.3.